The lowest BCUT2D eigenvalue weighted by atomic mass is 10.1. The van der Waals surface area contributed by atoms with Crippen LogP contribution in [0.25, 0.3) is 10.8 Å². The molecule has 0 N–H and O–H groups in total. The molecule has 106 valence electrons. The van der Waals surface area contributed by atoms with Crippen LogP contribution in [0.1, 0.15) is 6.92 Å². The second kappa shape index (κ2) is 6.14. The van der Waals surface area contributed by atoms with E-state index in [4.69, 9.17) is 9.47 Å². The molecule has 0 atom stereocenters. The van der Waals surface area contributed by atoms with Crippen LogP contribution in [0.15, 0.2) is 59.1 Å². The smallest absolute Gasteiger partial charge is 0.222 e. The molecule has 4 heteroatoms. The van der Waals surface area contributed by atoms with Gasteiger partial charge in [0.25, 0.3) is 0 Å². The minimum absolute atomic E-state index is 0.525. The van der Waals surface area contributed by atoms with Gasteiger partial charge in [0.1, 0.15) is 5.75 Å². The molecule has 2 aromatic carbocycles. The van der Waals surface area contributed by atoms with Gasteiger partial charge in [-0.3, -0.25) is 0 Å². The predicted octanol–water partition coefficient (Wildman–Crippen LogP) is 5.19. The minimum Gasteiger partial charge on any atom is -0.478 e. The first-order chi connectivity index (χ1) is 10.2. The highest BCUT2D eigenvalue weighted by Crippen LogP contribution is 2.27. The molecule has 0 saturated carbocycles. The zero-order chi connectivity index (χ0) is 14.7. The average Bonchev–Trinajstić information content (AvgIpc) is 2.48. The molecule has 1 aromatic heterocycles. The molecule has 0 aliphatic rings. The van der Waals surface area contributed by atoms with Crippen LogP contribution in [0.5, 0.6) is 17.5 Å². The molecule has 0 aliphatic carbocycles. The molecule has 0 radical (unpaired) electrons. The number of hydrogen-bond donors (Lipinski definition) is 0. The van der Waals surface area contributed by atoms with Crippen molar-refractivity contribution in [1.82, 2.24) is 4.98 Å². The van der Waals surface area contributed by atoms with Gasteiger partial charge in [-0.1, -0.05) is 34.1 Å². The number of pyridine rings is 1. The van der Waals surface area contributed by atoms with Gasteiger partial charge in [-0.2, -0.15) is 4.98 Å². The van der Waals surface area contributed by atoms with Crippen molar-refractivity contribution in [3.8, 4) is 17.5 Å². The molecule has 3 nitrogen and oxygen atoms in total. The second-order valence-electron chi connectivity index (χ2n) is 4.50. The Morgan fingerprint density at radius 1 is 0.952 bits per heavy atom. The second-order valence-corrected chi connectivity index (χ2v) is 5.42. The van der Waals surface area contributed by atoms with E-state index in [2.05, 4.69) is 33.0 Å². The Balaban J connectivity index is 1.87. The molecule has 0 spiro atoms. The van der Waals surface area contributed by atoms with Crippen molar-refractivity contribution in [2.45, 2.75) is 6.92 Å². The average molecular weight is 344 g/mol. The van der Waals surface area contributed by atoms with Crippen molar-refractivity contribution in [3.63, 3.8) is 0 Å². The van der Waals surface area contributed by atoms with E-state index in [1.54, 1.807) is 0 Å². The van der Waals surface area contributed by atoms with Crippen molar-refractivity contribution in [1.29, 1.82) is 0 Å². The van der Waals surface area contributed by atoms with Crippen LogP contribution in [0.2, 0.25) is 0 Å². The summed E-state index contributed by atoms with van der Waals surface area (Å²) in [6, 6.07) is 17.6. The van der Waals surface area contributed by atoms with Gasteiger partial charge in [-0.05, 0) is 42.0 Å². The molecular formula is C17H14BrNO2. The Labute approximate surface area is 131 Å². The van der Waals surface area contributed by atoms with Crippen LogP contribution in [-0.4, -0.2) is 11.6 Å². The fourth-order valence-corrected chi connectivity index (χ4v) is 2.44. The van der Waals surface area contributed by atoms with Crippen LogP contribution in [0.4, 0.5) is 0 Å². The normalized spacial score (nSPS) is 10.6. The Morgan fingerprint density at radius 2 is 1.71 bits per heavy atom. The van der Waals surface area contributed by atoms with E-state index in [9.17, 15) is 0 Å². The van der Waals surface area contributed by atoms with Crippen molar-refractivity contribution in [2.75, 3.05) is 6.61 Å². The molecule has 3 rings (SSSR count). The van der Waals surface area contributed by atoms with E-state index in [1.165, 1.54) is 0 Å². The maximum Gasteiger partial charge on any atom is 0.222 e. The van der Waals surface area contributed by atoms with E-state index < -0.39 is 0 Å². The summed E-state index contributed by atoms with van der Waals surface area (Å²) < 4.78 is 12.2. The first kappa shape index (κ1) is 13.9. The number of aromatic nitrogens is 1. The highest BCUT2D eigenvalue weighted by molar-refractivity contribution is 9.10. The van der Waals surface area contributed by atoms with Crippen molar-refractivity contribution in [2.24, 2.45) is 0 Å². The summed E-state index contributed by atoms with van der Waals surface area (Å²) in [5.41, 5.74) is 0. The quantitative estimate of drug-likeness (QED) is 0.653. The maximum atomic E-state index is 5.80. The molecule has 21 heavy (non-hydrogen) atoms. The predicted molar refractivity (Wildman–Crippen MR) is 87.1 cm³/mol. The number of hydrogen-bond acceptors (Lipinski definition) is 3. The Bertz CT molecular complexity index is 774. The molecule has 0 amide bonds. The maximum absolute atomic E-state index is 5.80. The van der Waals surface area contributed by atoms with Gasteiger partial charge in [-0.25, -0.2) is 0 Å². The van der Waals surface area contributed by atoms with Crippen molar-refractivity contribution in [3.05, 3.63) is 59.1 Å². The molecule has 0 unspecified atom stereocenters. The lowest BCUT2D eigenvalue weighted by Crippen LogP contribution is -1.95. The van der Waals surface area contributed by atoms with Gasteiger partial charge in [0, 0.05) is 16.6 Å². The summed E-state index contributed by atoms with van der Waals surface area (Å²) in [4.78, 5) is 4.30. The topological polar surface area (TPSA) is 31.4 Å². The van der Waals surface area contributed by atoms with Gasteiger partial charge in [0.05, 0.1) is 6.61 Å². The van der Waals surface area contributed by atoms with E-state index >= 15 is 0 Å². The van der Waals surface area contributed by atoms with Crippen molar-refractivity contribution < 1.29 is 9.47 Å². The molecule has 0 saturated heterocycles. The van der Waals surface area contributed by atoms with Crippen LogP contribution in [0, 0.1) is 0 Å². The Kier molecular flexibility index (Phi) is 4.06. The van der Waals surface area contributed by atoms with E-state index in [1.807, 2.05) is 49.4 Å². The third-order valence-electron chi connectivity index (χ3n) is 2.99. The largest absolute Gasteiger partial charge is 0.478 e. The van der Waals surface area contributed by atoms with Gasteiger partial charge in [0.2, 0.25) is 11.8 Å². The van der Waals surface area contributed by atoms with Crippen LogP contribution >= 0.6 is 15.9 Å². The third kappa shape index (κ3) is 3.34. The van der Waals surface area contributed by atoms with E-state index in [-0.39, 0.29) is 0 Å². The van der Waals surface area contributed by atoms with Gasteiger partial charge >= 0.3 is 0 Å². The zero-order valence-corrected chi connectivity index (χ0v) is 13.1. The fourth-order valence-electron chi connectivity index (χ4n) is 2.06. The number of benzene rings is 2. The monoisotopic (exact) mass is 343 g/mol. The van der Waals surface area contributed by atoms with Gasteiger partial charge in [-0.15, -0.1) is 0 Å². The number of rotatable bonds is 4. The zero-order valence-electron chi connectivity index (χ0n) is 11.5. The summed E-state index contributed by atoms with van der Waals surface area (Å²) >= 11 is 3.47. The van der Waals surface area contributed by atoms with Crippen LogP contribution in [-0.2, 0) is 0 Å². The number of nitrogens with zero attached hydrogens (tertiary/aromatic N) is 1. The highest BCUT2D eigenvalue weighted by atomic mass is 79.9. The number of halogens is 1. The standard InChI is InChI=1S/C17H14BrNO2/c1-2-20-16-4-3-5-17(19-16)21-15-9-7-12-10-14(18)8-6-13(12)11-15/h3-11H,2H2,1H3. The van der Waals surface area contributed by atoms with Gasteiger partial charge < -0.3 is 9.47 Å². The SMILES string of the molecule is CCOc1cccc(Oc2ccc3cc(Br)ccc3c2)n1. The first-order valence-electron chi connectivity index (χ1n) is 6.71. The molecule has 1 heterocycles. The van der Waals surface area contributed by atoms with Crippen LogP contribution in [0.3, 0.4) is 0 Å². The van der Waals surface area contributed by atoms with E-state index in [0.717, 1.165) is 21.0 Å². The van der Waals surface area contributed by atoms with Crippen molar-refractivity contribution >= 4 is 26.7 Å². The summed E-state index contributed by atoms with van der Waals surface area (Å²) in [6.45, 7) is 2.51. The lowest BCUT2D eigenvalue weighted by Gasteiger charge is -2.08. The Morgan fingerprint density at radius 3 is 2.57 bits per heavy atom. The first-order valence-corrected chi connectivity index (χ1v) is 7.51. The number of fused-ring (bicyclic) bond motifs is 1. The number of ether oxygens (including phenoxy) is 2. The van der Waals surface area contributed by atoms with E-state index in [0.29, 0.717) is 18.4 Å². The van der Waals surface area contributed by atoms with Gasteiger partial charge in [0.15, 0.2) is 0 Å². The summed E-state index contributed by atoms with van der Waals surface area (Å²) in [5.74, 6) is 1.85. The fraction of sp³-hybridized carbons (Fsp3) is 0.118. The third-order valence-corrected chi connectivity index (χ3v) is 3.48. The Hall–Kier alpha value is -2.07. The minimum atomic E-state index is 0.525. The molecular weight excluding hydrogens is 330 g/mol. The molecule has 0 aliphatic heterocycles. The molecule has 0 fully saturated rings. The summed E-state index contributed by atoms with van der Waals surface area (Å²) in [6.07, 6.45) is 0. The lowest BCUT2D eigenvalue weighted by molar-refractivity contribution is 0.321. The molecule has 3 aromatic rings. The highest BCUT2D eigenvalue weighted by Gasteiger charge is 2.03. The summed E-state index contributed by atoms with van der Waals surface area (Å²) in [5, 5.41) is 2.28. The molecule has 0 bridgehead atoms. The summed E-state index contributed by atoms with van der Waals surface area (Å²) in [7, 11) is 0. The van der Waals surface area contributed by atoms with Crippen LogP contribution < -0.4 is 9.47 Å².